The number of fused-ring (bicyclic) bond motifs is 5. The molecule has 4 rings (SSSR count). The first kappa shape index (κ1) is 21.5. The topological polar surface area (TPSA) is 92.8 Å². The van der Waals surface area contributed by atoms with Crippen LogP contribution >= 0.6 is 0 Å². The van der Waals surface area contributed by atoms with Gasteiger partial charge in [-0.15, -0.1) is 0 Å². The van der Waals surface area contributed by atoms with E-state index in [1.807, 2.05) is 32.0 Å². The quantitative estimate of drug-likeness (QED) is 0.558. The number of para-hydroxylation sites is 1. The van der Waals surface area contributed by atoms with E-state index in [0.717, 1.165) is 35.3 Å². The minimum Gasteiger partial charge on any atom is -0.454 e. The lowest BCUT2D eigenvalue weighted by atomic mass is 9.81. The van der Waals surface area contributed by atoms with Gasteiger partial charge in [-0.25, -0.2) is 4.79 Å². The molecule has 2 aliphatic carbocycles. The van der Waals surface area contributed by atoms with Gasteiger partial charge in [0.2, 0.25) is 11.8 Å². The van der Waals surface area contributed by atoms with Crippen molar-refractivity contribution in [3.8, 4) is 0 Å². The van der Waals surface area contributed by atoms with Crippen LogP contribution in [0, 0.1) is 43.4 Å². The van der Waals surface area contributed by atoms with Gasteiger partial charge >= 0.3 is 5.97 Å². The Balaban J connectivity index is 1.43. The molecule has 1 N–H and O–H groups in total. The second-order valence-corrected chi connectivity index (χ2v) is 9.54. The molecule has 0 unspecified atom stereocenters. The molecular formula is C24H30N2O5. The van der Waals surface area contributed by atoms with Crippen LogP contribution < -0.4 is 5.32 Å². The second-order valence-electron chi connectivity index (χ2n) is 9.54. The number of anilines is 1. The molecular weight excluding hydrogens is 396 g/mol. The number of rotatable bonds is 6. The van der Waals surface area contributed by atoms with Crippen LogP contribution in [0.1, 0.15) is 44.2 Å². The number of imide groups is 1. The molecule has 0 spiro atoms. The molecule has 2 bridgehead atoms. The van der Waals surface area contributed by atoms with Crippen molar-refractivity contribution in [2.75, 3.05) is 11.9 Å². The van der Waals surface area contributed by atoms with Crippen LogP contribution in [0.2, 0.25) is 0 Å². The van der Waals surface area contributed by atoms with E-state index >= 15 is 0 Å². The SMILES string of the molecule is Cc1cccc(C)c1NC(=O)COC(=O)[C@@H](C(C)C)N1C(=O)[C@H]2[C@H]3CC[C@@H](C3)[C@@H]2C1=O. The van der Waals surface area contributed by atoms with Gasteiger partial charge in [0.1, 0.15) is 6.04 Å². The monoisotopic (exact) mass is 426 g/mol. The van der Waals surface area contributed by atoms with Crippen LogP contribution in [-0.4, -0.2) is 41.2 Å². The molecule has 1 saturated heterocycles. The zero-order chi connectivity index (χ0) is 22.4. The van der Waals surface area contributed by atoms with Crippen LogP contribution in [0.5, 0.6) is 0 Å². The highest BCUT2D eigenvalue weighted by atomic mass is 16.5. The molecule has 7 heteroatoms. The summed E-state index contributed by atoms with van der Waals surface area (Å²) in [6, 6.07) is 4.67. The number of nitrogens with zero attached hydrogens (tertiary/aromatic N) is 1. The van der Waals surface area contributed by atoms with Gasteiger partial charge in [0, 0.05) is 5.69 Å². The Morgan fingerprint density at radius 1 is 1.06 bits per heavy atom. The average Bonchev–Trinajstić information content (AvgIpc) is 3.39. The summed E-state index contributed by atoms with van der Waals surface area (Å²) in [5.74, 6) is -2.01. The van der Waals surface area contributed by atoms with Gasteiger partial charge < -0.3 is 10.1 Å². The van der Waals surface area contributed by atoms with Crippen molar-refractivity contribution >= 4 is 29.4 Å². The summed E-state index contributed by atoms with van der Waals surface area (Å²) in [6.45, 7) is 6.87. The highest BCUT2D eigenvalue weighted by Gasteiger charge is 2.62. The fourth-order valence-electron chi connectivity index (χ4n) is 5.79. The molecule has 3 aliphatic rings. The van der Waals surface area contributed by atoms with Crippen molar-refractivity contribution in [3.63, 3.8) is 0 Å². The second kappa shape index (κ2) is 8.09. The molecule has 1 heterocycles. The number of likely N-dealkylation sites (tertiary alicyclic amines) is 1. The van der Waals surface area contributed by atoms with Gasteiger partial charge in [-0.1, -0.05) is 32.0 Å². The lowest BCUT2D eigenvalue weighted by Gasteiger charge is -2.28. The van der Waals surface area contributed by atoms with Gasteiger partial charge in [-0.2, -0.15) is 0 Å². The largest absolute Gasteiger partial charge is 0.454 e. The molecule has 3 fully saturated rings. The fourth-order valence-corrected chi connectivity index (χ4v) is 5.79. The third-order valence-corrected chi connectivity index (χ3v) is 7.20. The predicted molar refractivity (Wildman–Crippen MR) is 114 cm³/mol. The van der Waals surface area contributed by atoms with E-state index in [0.29, 0.717) is 5.69 Å². The first-order chi connectivity index (χ1) is 14.7. The number of nitrogens with one attached hydrogen (secondary N) is 1. The maximum Gasteiger partial charge on any atom is 0.330 e. The molecule has 1 aliphatic heterocycles. The van der Waals surface area contributed by atoms with E-state index in [2.05, 4.69) is 5.32 Å². The average molecular weight is 427 g/mol. The van der Waals surface area contributed by atoms with E-state index in [1.165, 1.54) is 0 Å². The molecule has 1 aromatic rings. The summed E-state index contributed by atoms with van der Waals surface area (Å²) < 4.78 is 5.28. The molecule has 3 amide bonds. The molecule has 1 aromatic carbocycles. The third kappa shape index (κ3) is 3.64. The van der Waals surface area contributed by atoms with Crippen LogP contribution in [0.25, 0.3) is 0 Å². The molecule has 5 atom stereocenters. The third-order valence-electron chi connectivity index (χ3n) is 7.20. The maximum atomic E-state index is 13.1. The summed E-state index contributed by atoms with van der Waals surface area (Å²) in [4.78, 5) is 52.7. The molecule has 31 heavy (non-hydrogen) atoms. The molecule has 166 valence electrons. The summed E-state index contributed by atoms with van der Waals surface area (Å²) >= 11 is 0. The number of hydrogen-bond donors (Lipinski definition) is 1. The zero-order valence-electron chi connectivity index (χ0n) is 18.5. The van der Waals surface area contributed by atoms with E-state index < -0.39 is 24.5 Å². The number of ether oxygens (including phenoxy) is 1. The normalized spacial score (nSPS) is 27.6. The summed E-state index contributed by atoms with van der Waals surface area (Å²) in [5.41, 5.74) is 2.51. The van der Waals surface area contributed by atoms with E-state index in [1.54, 1.807) is 13.8 Å². The number of hydrogen-bond acceptors (Lipinski definition) is 5. The summed E-state index contributed by atoms with van der Waals surface area (Å²) in [6.07, 6.45) is 2.90. The van der Waals surface area contributed by atoms with Gasteiger partial charge in [0.15, 0.2) is 6.61 Å². The molecule has 2 saturated carbocycles. The van der Waals surface area contributed by atoms with E-state index in [-0.39, 0.29) is 41.4 Å². The Morgan fingerprint density at radius 2 is 1.61 bits per heavy atom. The zero-order valence-corrected chi connectivity index (χ0v) is 18.5. The first-order valence-electron chi connectivity index (χ1n) is 11.1. The Bertz CT molecular complexity index is 892. The predicted octanol–water partition coefficient (Wildman–Crippen LogP) is 2.84. The van der Waals surface area contributed by atoms with Gasteiger partial charge in [-0.05, 0) is 62.0 Å². The number of esters is 1. The van der Waals surface area contributed by atoms with E-state index in [4.69, 9.17) is 4.74 Å². The maximum absolute atomic E-state index is 13.1. The minimum absolute atomic E-state index is 0.238. The van der Waals surface area contributed by atoms with Crippen LogP contribution in [0.3, 0.4) is 0 Å². The Kier molecular flexibility index (Phi) is 5.62. The Labute approximate surface area is 182 Å². The smallest absolute Gasteiger partial charge is 0.330 e. The van der Waals surface area contributed by atoms with Gasteiger partial charge in [0.25, 0.3) is 5.91 Å². The number of benzene rings is 1. The molecule has 0 aromatic heterocycles. The number of aryl methyl sites for hydroxylation is 2. The highest BCUT2D eigenvalue weighted by molar-refractivity contribution is 6.08. The highest BCUT2D eigenvalue weighted by Crippen LogP contribution is 2.56. The molecule has 7 nitrogen and oxygen atoms in total. The van der Waals surface area contributed by atoms with Crippen molar-refractivity contribution in [2.24, 2.45) is 29.6 Å². The number of carbonyl (C=O) groups is 4. The molecule has 0 radical (unpaired) electrons. The van der Waals surface area contributed by atoms with Crippen molar-refractivity contribution in [3.05, 3.63) is 29.3 Å². The Morgan fingerprint density at radius 3 is 2.13 bits per heavy atom. The van der Waals surface area contributed by atoms with Crippen molar-refractivity contribution in [2.45, 2.75) is 53.0 Å². The van der Waals surface area contributed by atoms with Crippen molar-refractivity contribution in [1.82, 2.24) is 4.90 Å². The lowest BCUT2D eigenvalue weighted by Crippen LogP contribution is -2.50. The van der Waals surface area contributed by atoms with Crippen molar-refractivity contribution in [1.29, 1.82) is 0 Å². The summed E-state index contributed by atoms with van der Waals surface area (Å²) in [7, 11) is 0. The van der Waals surface area contributed by atoms with Gasteiger partial charge in [-0.3, -0.25) is 19.3 Å². The lowest BCUT2D eigenvalue weighted by molar-refractivity contribution is -0.162. The number of carbonyl (C=O) groups excluding carboxylic acids is 4. The summed E-state index contributed by atoms with van der Waals surface area (Å²) in [5, 5.41) is 2.78. The first-order valence-corrected chi connectivity index (χ1v) is 11.1. The standard InChI is InChI=1S/C24H30N2O5/c1-12(2)21(26-22(28)18-15-8-9-16(10-15)19(18)23(26)29)24(30)31-11-17(27)25-20-13(3)6-5-7-14(20)4/h5-7,12,15-16,18-19,21H,8-11H2,1-4H3,(H,25,27)/t15-,16-,18-,19-,21+/m0/s1. The number of amides is 3. The van der Waals surface area contributed by atoms with Crippen LogP contribution in [0.4, 0.5) is 5.69 Å². The minimum atomic E-state index is -1.00. The van der Waals surface area contributed by atoms with Crippen LogP contribution in [0.15, 0.2) is 18.2 Å². The van der Waals surface area contributed by atoms with E-state index in [9.17, 15) is 19.2 Å². The van der Waals surface area contributed by atoms with Crippen molar-refractivity contribution < 1.29 is 23.9 Å². The van der Waals surface area contributed by atoms with Crippen LogP contribution in [-0.2, 0) is 23.9 Å². The fraction of sp³-hybridized carbons (Fsp3) is 0.583. The van der Waals surface area contributed by atoms with Gasteiger partial charge in [0.05, 0.1) is 11.8 Å². The Hall–Kier alpha value is -2.70.